The van der Waals surface area contributed by atoms with Gasteiger partial charge in [0.15, 0.2) is 0 Å². The van der Waals surface area contributed by atoms with E-state index in [1.54, 1.807) is 12.1 Å². The molecule has 0 heterocycles. The van der Waals surface area contributed by atoms with Crippen LogP contribution in [0.5, 0.6) is 0 Å². The predicted octanol–water partition coefficient (Wildman–Crippen LogP) is 2.11. The van der Waals surface area contributed by atoms with Gasteiger partial charge in [-0.2, -0.15) is 5.26 Å². The van der Waals surface area contributed by atoms with Crippen LogP contribution in [0.15, 0.2) is 24.8 Å². The number of hydrogen-bond donors (Lipinski definition) is 1. The van der Waals surface area contributed by atoms with E-state index in [-0.39, 0.29) is 12.5 Å². The van der Waals surface area contributed by atoms with E-state index < -0.39 is 0 Å². The molecule has 0 aliphatic carbocycles. The third-order valence-electron chi connectivity index (χ3n) is 2.12. The van der Waals surface area contributed by atoms with Crippen LogP contribution in [0.25, 0.3) is 6.08 Å². The van der Waals surface area contributed by atoms with Crippen molar-refractivity contribution in [3.63, 3.8) is 0 Å². The predicted molar refractivity (Wildman–Crippen MR) is 56.4 cm³/mol. The lowest BCUT2D eigenvalue weighted by atomic mass is 9.93. The molecule has 1 unspecified atom stereocenters. The van der Waals surface area contributed by atoms with Crippen LogP contribution in [0.2, 0.25) is 0 Å². The summed E-state index contributed by atoms with van der Waals surface area (Å²) in [5.41, 5.74) is 2.11. The van der Waals surface area contributed by atoms with Gasteiger partial charge >= 0.3 is 0 Å². The summed E-state index contributed by atoms with van der Waals surface area (Å²) >= 11 is 0. The first-order valence-electron chi connectivity index (χ1n) is 4.34. The molecule has 0 spiro atoms. The van der Waals surface area contributed by atoms with Crippen molar-refractivity contribution in [2.45, 2.75) is 5.92 Å². The summed E-state index contributed by atoms with van der Waals surface area (Å²) in [7, 11) is 0. The van der Waals surface area contributed by atoms with Gasteiger partial charge in [-0.15, -0.1) is 0 Å². The molecule has 1 rings (SSSR count). The minimum Gasteiger partial charge on any atom is -0.396 e. The number of benzene rings is 1. The number of hydrogen-bond acceptors (Lipinski definition) is 2. The summed E-state index contributed by atoms with van der Waals surface area (Å²) in [5, 5.41) is 17.9. The highest BCUT2D eigenvalue weighted by Crippen LogP contribution is 2.22. The van der Waals surface area contributed by atoms with Gasteiger partial charge in [0, 0.05) is 12.5 Å². The monoisotopic (exact) mass is 186 g/mol. The molecule has 0 bridgehead atoms. The van der Waals surface area contributed by atoms with E-state index in [2.05, 4.69) is 19.6 Å². The quantitative estimate of drug-likeness (QED) is 0.785. The van der Waals surface area contributed by atoms with E-state index in [0.29, 0.717) is 5.56 Å². The van der Waals surface area contributed by atoms with Gasteiger partial charge in [-0.05, 0) is 18.1 Å². The number of aliphatic hydroxyl groups is 1. The Labute approximate surface area is 84.1 Å². The van der Waals surface area contributed by atoms with Crippen molar-refractivity contribution in [2.75, 3.05) is 6.61 Å². The van der Waals surface area contributed by atoms with Gasteiger partial charge < -0.3 is 5.11 Å². The van der Waals surface area contributed by atoms with E-state index in [0.717, 1.165) is 11.1 Å². The second-order valence-electron chi connectivity index (χ2n) is 3.01. The molecular weight excluding hydrogens is 174 g/mol. The minimum absolute atomic E-state index is 0.0602. The maximum atomic E-state index is 8.97. The summed E-state index contributed by atoms with van der Waals surface area (Å²) < 4.78 is 0. The van der Waals surface area contributed by atoms with E-state index >= 15 is 0 Å². The average molecular weight is 186 g/mol. The summed E-state index contributed by atoms with van der Waals surface area (Å²) in [6.07, 6.45) is 1.63. The van der Waals surface area contributed by atoms with Crippen molar-refractivity contribution in [3.8, 4) is 6.07 Å². The molecule has 0 saturated heterocycles. The summed E-state index contributed by atoms with van der Waals surface area (Å²) in [4.78, 5) is 0. The van der Waals surface area contributed by atoms with Gasteiger partial charge in [0.25, 0.3) is 0 Å². The Morgan fingerprint density at radius 1 is 1.57 bits per heavy atom. The first-order chi connectivity index (χ1) is 6.74. The normalized spacial score (nSPS) is 11.8. The molecule has 2 heteroatoms. The number of nitriles is 1. The number of nitrogens with zero attached hydrogens (tertiary/aromatic N) is 1. The van der Waals surface area contributed by atoms with Crippen LogP contribution in [-0.4, -0.2) is 11.7 Å². The largest absolute Gasteiger partial charge is 0.396 e. The Morgan fingerprint density at radius 2 is 2.29 bits per heavy atom. The molecule has 1 N–H and O–H groups in total. The SMILES string of the molecule is [CH2]C(CO)c1cccc(C=C)c1C#N. The van der Waals surface area contributed by atoms with Crippen LogP contribution in [0.3, 0.4) is 0 Å². The molecule has 0 amide bonds. The molecule has 0 aliphatic rings. The number of aliphatic hydroxyl groups excluding tert-OH is 1. The topological polar surface area (TPSA) is 44.0 Å². The first-order valence-corrected chi connectivity index (χ1v) is 4.34. The van der Waals surface area contributed by atoms with E-state index in [1.165, 1.54) is 0 Å². The second-order valence-corrected chi connectivity index (χ2v) is 3.01. The Hall–Kier alpha value is -1.59. The summed E-state index contributed by atoms with van der Waals surface area (Å²) in [6, 6.07) is 7.57. The van der Waals surface area contributed by atoms with Crippen molar-refractivity contribution >= 4 is 6.08 Å². The van der Waals surface area contributed by atoms with Crippen LogP contribution < -0.4 is 0 Å². The van der Waals surface area contributed by atoms with Gasteiger partial charge in [0.1, 0.15) is 6.07 Å². The fourth-order valence-electron chi connectivity index (χ4n) is 1.33. The fourth-order valence-corrected chi connectivity index (χ4v) is 1.33. The van der Waals surface area contributed by atoms with E-state index in [1.807, 2.05) is 12.1 Å². The zero-order valence-corrected chi connectivity index (χ0v) is 7.90. The zero-order chi connectivity index (χ0) is 10.6. The lowest BCUT2D eigenvalue weighted by Crippen LogP contribution is -2.03. The lowest BCUT2D eigenvalue weighted by Gasteiger charge is -2.11. The Bertz CT molecular complexity index is 376. The average Bonchev–Trinajstić information content (AvgIpc) is 2.26. The third-order valence-corrected chi connectivity index (χ3v) is 2.12. The molecule has 1 radical (unpaired) electrons. The molecule has 0 aromatic heterocycles. The minimum atomic E-state index is -0.260. The zero-order valence-electron chi connectivity index (χ0n) is 7.90. The molecular formula is C12H12NO. The first kappa shape index (κ1) is 10.5. The van der Waals surface area contributed by atoms with Crippen molar-refractivity contribution in [3.05, 3.63) is 48.4 Å². The molecule has 0 fully saturated rings. The Morgan fingerprint density at radius 3 is 2.79 bits per heavy atom. The Balaban J connectivity index is 3.30. The third kappa shape index (κ3) is 1.84. The van der Waals surface area contributed by atoms with Gasteiger partial charge in [0.05, 0.1) is 5.56 Å². The molecule has 14 heavy (non-hydrogen) atoms. The van der Waals surface area contributed by atoms with Crippen molar-refractivity contribution in [1.82, 2.24) is 0 Å². The van der Waals surface area contributed by atoms with Gasteiger partial charge in [-0.25, -0.2) is 0 Å². The van der Waals surface area contributed by atoms with E-state index in [9.17, 15) is 0 Å². The Kier molecular flexibility index (Phi) is 3.44. The van der Waals surface area contributed by atoms with E-state index in [4.69, 9.17) is 10.4 Å². The van der Waals surface area contributed by atoms with Crippen LogP contribution in [0, 0.1) is 18.3 Å². The van der Waals surface area contributed by atoms with Crippen molar-refractivity contribution < 1.29 is 5.11 Å². The maximum Gasteiger partial charge on any atom is 0.100 e. The van der Waals surface area contributed by atoms with Gasteiger partial charge in [-0.1, -0.05) is 30.9 Å². The van der Waals surface area contributed by atoms with Crippen molar-refractivity contribution in [2.24, 2.45) is 0 Å². The highest BCUT2D eigenvalue weighted by Gasteiger charge is 2.11. The number of rotatable bonds is 3. The second kappa shape index (κ2) is 4.59. The van der Waals surface area contributed by atoms with Gasteiger partial charge in [-0.3, -0.25) is 0 Å². The summed E-state index contributed by atoms with van der Waals surface area (Å²) in [6.45, 7) is 7.35. The lowest BCUT2D eigenvalue weighted by molar-refractivity contribution is 0.282. The van der Waals surface area contributed by atoms with Crippen molar-refractivity contribution in [1.29, 1.82) is 5.26 Å². The molecule has 0 saturated carbocycles. The standard InChI is InChI=1S/C12H12NO/c1-3-10-5-4-6-11(9(2)8-14)12(10)7-13/h3-6,9,14H,1-2,8H2. The van der Waals surface area contributed by atoms with Crippen LogP contribution in [-0.2, 0) is 0 Å². The molecule has 0 aliphatic heterocycles. The highest BCUT2D eigenvalue weighted by molar-refractivity contribution is 5.60. The van der Waals surface area contributed by atoms with Crippen LogP contribution in [0.1, 0.15) is 22.6 Å². The molecule has 71 valence electrons. The fraction of sp³-hybridized carbons (Fsp3) is 0.167. The van der Waals surface area contributed by atoms with Gasteiger partial charge in [0.2, 0.25) is 0 Å². The smallest absolute Gasteiger partial charge is 0.100 e. The van der Waals surface area contributed by atoms with Crippen LogP contribution >= 0.6 is 0 Å². The maximum absolute atomic E-state index is 8.97. The van der Waals surface area contributed by atoms with Crippen LogP contribution in [0.4, 0.5) is 0 Å². The molecule has 1 aromatic rings. The molecule has 1 atom stereocenters. The highest BCUT2D eigenvalue weighted by atomic mass is 16.3. The molecule has 2 nitrogen and oxygen atoms in total. The summed E-state index contributed by atoms with van der Waals surface area (Å²) in [5.74, 6) is -0.260. The molecule has 1 aromatic carbocycles.